The molecule has 4 aromatic rings. The van der Waals surface area contributed by atoms with Gasteiger partial charge in [0, 0.05) is 26.8 Å². The van der Waals surface area contributed by atoms with Crippen LogP contribution in [0.3, 0.4) is 0 Å². The van der Waals surface area contributed by atoms with Gasteiger partial charge in [-0.15, -0.1) is 11.3 Å². The van der Waals surface area contributed by atoms with Gasteiger partial charge < -0.3 is 4.74 Å². The maximum atomic E-state index is 13.5. The van der Waals surface area contributed by atoms with Crippen LogP contribution >= 0.6 is 22.9 Å². The summed E-state index contributed by atoms with van der Waals surface area (Å²) in [5, 5.41) is 1.03. The van der Waals surface area contributed by atoms with E-state index in [0.29, 0.717) is 27.3 Å². The monoisotopic (exact) mass is 456 g/mol. The van der Waals surface area contributed by atoms with Crippen LogP contribution in [0.25, 0.3) is 31.7 Å². The summed E-state index contributed by atoms with van der Waals surface area (Å²) in [6.45, 7) is 0. The van der Waals surface area contributed by atoms with Gasteiger partial charge in [-0.25, -0.2) is 8.42 Å². The van der Waals surface area contributed by atoms with Gasteiger partial charge in [-0.2, -0.15) is 0 Å². The molecule has 0 saturated heterocycles. The van der Waals surface area contributed by atoms with Gasteiger partial charge in [0.1, 0.15) is 5.75 Å². The topological polar surface area (TPSA) is 60.4 Å². The minimum absolute atomic E-state index is 0.104. The number of methoxy groups -OCH3 is 1. The number of halogens is 1. The normalized spacial score (nSPS) is 11.6. The number of sulfone groups is 1. The summed E-state index contributed by atoms with van der Waals surface area (Å²) in [6.07, 6.45) is 1.17. The fourth-order valence-corrected chi connectivity index (χ4v) is 5.37. The van der Waals surface area contributed by atoms with E-state index in [4.69, 9.17) is 16.3 Å². The number of fused-ring (bicyclic) bond motifs is 1. The minimum atomic E-state index is -3.31. The molecule has 0 unspecified atom stereocenters. The Morgan fingerprint density at radius 1 is 0.933 bits per heavy atom. The van der Waals surface area contributed by atoms with Gasteiger partial charge in [0.2, 0.25) is 0 Å². The molecule has 1 heterocycles. The summed E-state index contributed by atoms with van der Waals surface area (Å²) in [5.74, 6) is 0.524. The highest BCUT2D eigenvalue weighted by Crippen LogP contribution is 2.39. The number of benzene rings is 3. The quantitative estimate of drug-likeness (QED) is 0.397. The van der Waals surface area contributed by atoms with E-state index < -0.39 is 9.84 Å². The summed E-state index contributed by atoms with van der Waals surface area (Å²) in [7, 11) is -1.78. The number of hydrogen-bond acceptors (Lipinski definition) is 5. The zero-order valence-corrected chi connectivity index (χ0v) is 18.6. The largest absolute Gasteiger partial charge is 0.495 e. The van der Waals surface area contributed by atoms with E-state index in [0.717, 1.165) is 15.1 Å². The Balaban J connectivity index is 2.02. The molecular formula is C23H17ClO4S2. The molecule has 3 aromatic carbocycles. The van der Waals surface area contributed by atoms with Crippen LogP contribution in [0, 0.1) is 0 Å². The molecule has 1 aromatic heterocycles. The Labute approximate surface area is 183 Å². The van der Waals surface area contributed by atoms with E-state index in [1.165, 1.54) is 24.7 Å². The van der Waals surface area contributed by atoms with Crippen molar-refractivity contribution in [1.29, 1.82) is 0 Å². The highest BCUT2D eigenvalue weighted by atomic mass is 35.5. The molecule has 0 aliphatic rings. The van der Waals surface area contributed by atoms with E-state index in [1.54, 1.807) is 48.5 Å². The van der Waals surface area contributed by atoms with Gasteiger partial charge in [-0.1, -0.05) is 41.9 Å². The molecule has 0 aliphatic carbocycles. The Morgan fingerprint density at radius 3 is 2.23 bits per heavy atom. The third-order valence-corrected chi connectivity index (χ3v) is 7.43. The van der Waals surface area contributed by atoms with E-state index in [-0.39, 0.29) is 10.3 Å². The molecule has 0 atom stereocenters. The number of rotatable bonds is 4. The van der Waals surface area contributed by atoms with Crippen LogP contribution in [0.2, 0.25) is 5.02 Å². The standard InChI is InChI=1S/C23H17ClO4S2/c1-28-19-12-9-15(13-18(19)24)21-22(25)17-5-3-4-6-20(17)29-23(21)14-7-10-16(11-8-14)30(2,26)27/h3-13H,1-2H3. The van der Waals surface area contributed by atoms with Crippen molar-refractivity contribution in [2.45, 2.75) is 4.90 Å². The summed E-state index contributed by atoms with van der Waals surface area (Å²) in [4.78, 5) is 14.4. The van der Waals surface area contributed by atoms with Crippen molar-refractivity contribution in [1.82, 2.24) is 0 Å². The lowest BCUT2D eigenvalue weighted by Gasteiger charge is -2.12. The maximum Gasteiger partial charge on any atom is 0.196 e. The van der Waals surface area contributed by atoms with Crippen LogP contribution in [-0.4, -0.2) is 21.8 Å². The predicted octanol–water partition coefficient (Wildman–Crippen LogP) is 5.66. The molecule has 0 amide bonds. The second-order valence-corrected chi connectivity index (χ2v) is 10.3. The molecule has 0 bridgehead atoms. The van der Waals surface area contributed by atoms with Crippen LogP contribution < -0.4 is 10.2 Å². The zero-order valence-electron chi connectivity index (χ0n) is 16.2. The molecule has 0 saturated carbocycles. The molecule has 4 nitrogen and oxygen atoms in total. The molecule has 0 spiro atoms. The van der Waals surface area contributed by atoms with Crippen LogP contribution in [0.4, 0.5) is 0 Å². The lowest BCUT2D eigenvalue weighted by Crippen LogP contribution is -2.06. The Bertz CT molecular complexity index is 1420. The Kier molecular flexibility index (Phi) is 5.40. The van der Waals surface area contributed by atoms with Gasteiger partial charge in [-0.3, -0.25) is 4.79 Å². The third-order valence-electron chi connectivity index (χ3n) is 4.78. The second-order valence-electron chi connectivity index (χ2n) is 6.78. The van der Waals surface area contributed by atoms with Crippen LogP contribution in [0.5, 0.6) is 5.75 Å². The Morgan fingerprint density at radius 2 is 1.60 bits per heavy atom. The third kappa shape index (κ3) is 3.74. The van der Waals surface area contributed by atoms with Crippen molar-refractivity contribution in [2.24, 2.45) is 0 Å². The fourth-order valence-electron chi connectivity index (χ4n) is 3.28. The molecule has 0 N–H and O–H groups in total. The Hall–Kier alpha value is -2.67. The SMILES string of the molecule is COc1ccc(-c2c(-c3ccc(S(C)(=O)=O)cc3)sc3ccccc3c2=O)cc1Cl. The lowest BCUT2D eigenvalue weighted by molar-refractivity contribution is 0.415. The van der Waals surface area contributed by atoms with Gasteiger partial charge >= 0.3 is 0 Å². The highest BCUT2D eigenvalue weighted by Gasteiger charge is 2.18. The number of ether oxygens (including phenoxy) is 1. The van der Waals surface area contributed by atoms with Crippen molar-refractivity contribution >= 4 is 42.9 Å². The second kappa shape index (κ2) is 7.87. The molecule has 4 rings (SSSR count). The molecular weight excluding hydrogens is 440 g/mol. The number of hydrogen-bond donors (Lipinski definition) is 0. The van der Waals surface area contributed by atoms with E-state index >= 15 is 0 Å². The molecule has 30 heavy (non-hydrogen) atoms. The van der Waals surface area contributed by atoms with E-state index in [9.17, 15) is 13.2 Å². The van der Waals surface area contributed by atoms with Crippen molar-refractivity contribution < 1.29 is 13.2 Å². The van der Waals surface area contributed by atoms with Gasteiger partial charge in [0.05, 0.1) is 17.0 Å². The van der Waals surface area contributed by atoms with Gasteiger partial charge in [0.25, 0.3) is 0 Å². The van der Waals surface area contributed by atoms with Crippen molar-refractivity contribution in [2.75, 3.05) is 13.4 Å². The van der Waals surface area contributed by atoms with Crippen molar-refractivity contribution in [3.05, 3.63) is 82.0 Å². The van der Waals surface area contributed by atoms with Crippen LogP contribution in [-0.2, 0) is 9.84 Å². The fraction of sp³-hybridized carbons (Fsp3) is 0.0870. The lowest BCUT2D eigenvalue weighted by atomic mass is 10.00. The summed E-state index contributed by atoms with van der Waals surface area (Å²) in [6, 6.07) is 19.2. The predicted molar refractivity (Wildman–Crippen MR) is 124 cm³/mol. The average molecular weight is 457 g/mol. The first-order valence-corrected chi connectivity index (χ1v) is 12.1. The molecule has 7 heteroatoms. The minimum Gasteiger partial charge on any atom is -0.495 e. The summed E-state index contributed by atoms with van der Waals surface area (Å²) in [5.41, 5.74) is 1.86. The zero-order chi connectivity index (χ0) is 21.5. The van der Waals surface area contributed by atoms with Crippen molar-refractivity contribution in [3.8, 4) is 27.3 Å². The molecule has 0 radical (unpaired) electrons. The summed E-state index contributed by atoms with van der Waals surface area (Å²) < 4.78 is 29.7. The van der Waals surface area contributed by atoms with Crippen LogP contribution in [0.15, 0.2) is 76.4 Å². The molecule has 0 fully saturated rings. The first kappa shape index (κ1) is 20.6. The average Bonchev–Trinajstić information content (AvgIpc) is 2.73. The maximum absolute atomic E-state index is 13.5. The van der Waals surface area contributed by atoms with Gasteiger partial charge in [-0.05, 0) is 47.5 Å². The smallest absolute Gasteiger partial charge is 0.196 e. The first-order valence-electron chi connectivity index (χ1n) is 9.00. The van der Waals surface area contributed by atoms with E-state index in [2.05, 4.69) is 0 Å². The van der Waals surface area contributed by atoms with Crippen molar-refractivity contribution in [3.63, 3.8) is 0 Å². The van der Waals surface area contributed by atoms with Crippen LogP contribution in [0.1, 0.15) is 0 Å². The summed E-state index contributed by atoms with van der Waals surface area (Å²) >= 11 is 7.81. The van der Waals surface area contributed by atoms with Gasteiger partial charge in [0.15, 0.2) is 15.3 Å². The first-order chi connectivity index (χ1) is 14.3. The molecule has 152 valence electrons. The highest BCUT2D eigenvalue weighted by molar-refractivity contribution is 7.90. The van der Waals surface area contributed by atoms with E-state index in [1.807, 2.05) is 18.2 Å². The molecule has 0 aliphatic heterocycles.